The van der Waals surface area contributed by atoms with Gasteiger partial charge in [-0.15, -0.1) is 3.71 Å². The lowest BCUT2D eigenvalue weighted by molar-refractivity contribution is 0.550. The first-order chi connectivity index (χ1) is 6.73. The van der Waals surface area contributed by atoms with Gasteiger partial charge in [0, 0.05) is 0 Å². The molecule has 1 aromatic rings. The Balaban J connectivity index is 3.41. The average molecular weight is 253 g/mol. The highest BCUT2D eigenvalue weighted by Crippen LogP contribution is 2.21. The fraction of sp³-hybridized carbons (Fsp3) is 0.143. The van der Waals surface area contributed by atoms with Gasteiger partial charge in [-0.25, -0.2) is 8.42 Å². The summed E-state index contributed by atoms with van der Waals surface area (Å²) in [6.45, 7) is 0. The lowest BCUT2D eigenvalue weighted by Crippen LogP contribution is -2.33. The normalized spacial score (nSPS) is 12.4. The maximum Gasteiger partial charge on any atom is 0.412 e. The SMILES string of the molecule is CS(=O)(=O)N(c1ccccc1)S(=O)(=O)F. The van der Waals surface area contributed by atoms with Crippen molar-refractivity contribution in [3.63, 3.8) is 0 Å². The minimum atomic E-state index is -5.33. The van der Waals surface area contributed by atoms with Crippen molar-refractivity contribution in [2.24, 2.45) is 0 Å². The fourth-order valence-electron chi connectivity index (χ4n) is 1.03. The Hall–Kier alpha value is -1.15. The number of sulfonamides is 1. The minimum absolute atomic E-state index is 0.262. The second kappa shape index (κ2) is 3.78. The molecule has 0 bridgehead atoms. The van der Waals surface area contributed by atoms with Gasteiger partial charge in [0.1, 0.15) is 0 Å². The molecule has 5 nitrogen and oxygen atoms in total. The molecule has 0 aromatic heterocycles. The topological polar surface area (TPSA) is 71.5 Å². The zero-order valence-electron chi connectivity index (χ0n) is 7.66. The molecule has 0 saturated heterocycles. The predicted octanol–water partition coefficient (Wildman–Crippen LogP) is 0.667. The molecule has 15 heavy (non-hydrogen) atoms. The lowest BCUT2D eigenvalue weighted by Gasteiger charge is -2.16. The molecule has 0 unspecified atom stereocenters. The van der Waals surface area contributed by atoms with E-state index in [2.05, 4.69) is 0 Å². The molecule has 8 heteroatoms. The van der Waals surface area contributed by atoms with Crippen LogP contribution in [0.4, 0.5) is 9.57 Å². The zero-order chi connectivity index (χ0) is 11.7. The molecule has 0 atom stereocenters. The van der Waals surface area contributed by atoms with E-state index in [0.29, 0.717) is 6.26 Å². The van der Waals surface area contributed by atoms with Crippen LogP contribution in [0.15, 0.2) is 30.3 Å². The van der Waals surface area contributed by atoms with Crippen molar-refractivity contribution < 1.29 is 20.7 Å². The van der Waals surface area contributed by atoms with Gasteiger partial charge in [-0.3, -0.25) is 0 Å². The molecule has 1 aromatic carbocycles. The van der Waals surface area contributed by atoms with E-state index in [0.717, 1.165) is 0 Å². The molecule has 84 valence electrons. The summed E-state index contributed by atoms with van der Waals surface area (Å²) >= 11 is 0. The van der Waals surface area contributed by atoms with Gasteiger partial charge in [-0.1, -0.05) is 22.1 Å². The number of hydrogen-bond donors (Lipinski definition) is 0. The van der Waals surface area contributed by atoms with Crippen molar-refractivity contribution in [2.75, 3.05) is 9.97 Å². The van der Waals surface area contributed by atoms with E-state index in [9.17, 15) is 20.7 Å². The van der Waals surface area contributed by atoms with Crippen LogP contribution >= 0.6 is 0 Å². The molecule has 0 amide bonds. The van der Waals surface area contributed by atoms with E-state index in [-0.39, 0.29) is 9.40 Å². The van der Waals surface area contributed by atoms with Crippen LogP contribution in [0.3, 0.4) is 0 Å². The molecular weight excluding hydrogens is 245 g/mol. The Labute approximate surface area is 87.5 Å². The highest BCUT2D eigenvalue weighted by molar-refractivity contribution is 8.07. The highest BCUT2D eigenvalue weighted by atomic mass is 32.3. The summed E-state index contributed by atoms with van der Waals surface area (Å²) in [5.74, 6) is 0. The van der Waals surface area contributed by atoms with Gasteiger partial charge in [0.2, 0.25) is 10.0 Å². The van der Waals surface area contributed by atoms with Gasteiger partial charge in [-0.05, 0) is 12.1 Å². The fourth-order valence-corrected chi connectivity index (χ4v) is 3.20. The number of benzene rings is 1. The van der Waals surface area contributed by atoms with Crippen molar-refractivity contribution >= 4 is 26.1 Å². The molecule has 0 N–H and O–H groups in total. The van der Waals surface area contributed by atoms with E-state index in [1.807, 2.05) is 0 Å². The van der Waals surface area contributed by atoms with E-state index >= 15 is 0 Å². The van der Waals surface area contributed by atoms with Crippen LogP contribution in [0.25, 0.3) is 0 Å². The molecule has 0 fully saturated rings. The standard InChI is InChI=1S/C7H8FNO4S2/c1-14(10,11)9(15(8,12)13)7-5-3-2-4-6-7/h2-6H,1H3. The molecule has 1 rings (SSSR count). The second-order valence-corrected chi connectivity index (χ2v) is 5.99. The average Bonchev–Trinajstić information content (AvgIpc) is 2.00. The van der Waals surface area contributed by atoms with Crippen LogP contribution in [-0.2, 0) is 20.4 Å². The third-order valence-electron chi connectivity index (χ3n) is 1.47. The summed E-state index contributed by atoms with van der Waals surface area (Å²) in [7, 11) is -9.54. The minimum Gasteiger partial charge on any atom is -0.206 e. The number of halogens is 1. The predicted molar refractivity (Wildman–Crippen MR) is 53.8 cm³/mol. The third kappa shape index (κ3) is 2.90. The van der Waals surface area contributed by atoms with E-state index < -0.39 is 20.4 Å². The summed E-state index contributed by atoms with van der Waals surface area (Å²) in [4.78, 5) is 0. The van der Waals surface area contributed by atoms with Gasteiger partial charge in [0.25, 0.3) is 0 Å². The largest absolute Gasteiger partial charge is 0.412 e. The van der Waals surface area contributed by atoms with Gasteiger partial charge in [0.15, 0.2) is 0 Å². The molecule has 0 spiro atoms. The Morgan fingerprint density at radius 2 is 1.53 bits per heavy atom. The Bertz CT molecular complexity index is 506. The smallest absolute Gasteiger partial charge is 0.206 e. The Kier molecular flexibility index (Phi) is 3.00. The molecular formula is C7H8FNO4S2. The molecule has 0 saturated carbocycles. The molecule has 0 aliphatic carbocycles. The molecule has 0 radical (unpaired) electrons. The Morgan fingerprint density at radius 1 is 1.07 bits per heavy atom. The van der Waals surface area contributed by atoms with Crippen LogP contribution < -0.4 is 3.71 Å². The first kappa shape index (κ1) is 11.9. The van der Waals surface area contributed by atoms with Crippen LogP contribution in [0.1, 0.15) is 0 Å². The molecule has 0 heterocycles. The van der Waals surface area contributed by atoms with Gasteiger partial charge in [-0.2, -0.15) is 8.42 Å². The van der Waals surface area contributed by atoms with Gasteiger partial charge >= 0.3 is 10.4 Å². The number of para-hydroxylation sites is 1. The maximum atomic E-state index is 12.8. The van der Waals surface area contributed by atoms with E-state index in [1.54, 1.807) is 6.07 Å². The molecule has 0 aliphatic heterocycles. The van der Waals surface area contributed by atoms with Gasteiger partial charge in [0.05, 0.1) is 11.9 Å². The van der Waals surface area contributed by atoms with Crippen molar-refractivity contribution in [1.82, 2.24) is 0 Å². The lowest BCUT2D eigenvalue weighted by atomic mass is 10.3. The quantitative estimate of drug-likeness (QED) is 0.742. The third-order valence-corrected chi connectivity index (χ3v) is 4.23. The number of anilines is 1. The summed E-state index contributed by atoms with van der Waals surface area (Å²) in [6, 6.07) is 6.71. The van der Waals surface area contributed by atoms with Gasteiger partial charge < -0.3 is 0 Å². The first-order valence-electron chi connectivity index (χ1n) is 3.73. The first-order valence-corrected chi connectivity index (χ1v) is 6.92. The monoisotopic (exact) mass is 253 g/mol. The summed E-state index contributed by atoms with van der Waals surface area (Å²) < 4.78 is 56.0. The van der Waals surface area contributed by atoms with Crippen LogP contribution in [0, 0.1) is 0 Å². The van der Waals surface area contributed by atoms with Crippen molar-refractivity contribution in [1.29, 1.82) is 0 Å². The second-order valence-electron chi connectivity index (χ2n) is 2.74. The highest BCUT2D eigenvalue weighted by Gasteiger charge is 2.30. The summed E-state index contributed by atoms with van der Waals surface area (Å²) in [6.07, 6.45) is 0.608. The Morgan fingerprint density at radius 3 is 1.87 bits per heavy atom. The number of hydrogen-bond acceptors (Lipinski definition) is 4. The summed E-state index contributed by atoms with van der Waals surface area (Å²) in [5, 5.41) is 0. The van der Waals surface area contributed by atoms with E-state index in [1.165, 1.54) is 24.3 Å². The maximum absolute atomic E-state index is 12.8. The van der Waals surface area contributed by atoms with Crippen molar-refractivity contribution in [2.45, 2.75) is 0 Å². The van der Waals surface area contributed by atoms with Crippen molar-refractivity contribution in [3.05, 3.63) is 30.3 Å². The van der Waals surface area contributed by atoms with Crippen molar-refractivity contribution in [3.8, 4) is 0 Å². The molecule has 0 aliphatic rings. The number of nitrogens with zero attached hydrogens (tertiary/aromatic N) is 1. The zero-order valence-corrected chi connectivity index (χ0v) is 9.29. The van der Waals surface area contributed by atoms with Crippen LogP contribution in [0.2, 0.25) is 0 Å². The van der Waals surface area contributed by atoms with Crippen LogP contribution in [-0.4, -0.2) is 23.1 Å². The number of rotatable bonds is 3. The van der Waals surface area contributed by atoms with E-state index in [4.69, 9.17) is 0 Å². The summed E-state index contributed by atoms with van der Waals surface area (Å²) in [5.41, 5.74) is -0.262. The van der Waals surface area contributed by atoms with Crippen LogP contribution in [0.5, 0.6) is 0 Å².